The minimum absolute atomic E-state index is 0.0693. The third kappa shape index (κ3) is 26.6. The minimum Gasteiger partial charge on any atom is -0.497 e. The zero-order chi connectivity index (χ0) is 70.2. The van der Waals surface area contributed by atoms with E-state index in [-0.39, 0.29) is 29.5 Å². The second-order valence-electron chi connectivity index (χ2n) is 23.4. The monoisotopic (exact) mass is 1440 g/mol. The predicted octanol–water partition coefficient (Wildman–Crippen LogP) is 21.0. The van der Waals surface area contributed by atoms with Crippen molar-refractivity contribution in [2.24, 2.45) is 5.92 Å². The molecule has 0 unspecified atom stereocenters. The molecule has 1 aliphatic rings. The summed E-state index contributed by atoms with van der Waals surface area (Å²) >= 11 is 6.82. The summed E-state index contributed by atoms with van der Waals surface area (Å²) in [7, 11) is 1.60. The molecule has 1 fully saturated rings. The van der Waals surface area contributed by atoms with E-state index in [0.29, 0.717) is 16.8 Å². The number of nitrogens with one attached hydrogen (secondary N) is 6. The highest BCUT2D eigenvalue weighted by molar-refractivity contribution is 9.10. The molecule has 0 aliphatic heterocycles. The van der Waals surface area contributed by atoms with Crippen LogP contribution in [0.3, 0.4) is 0 Å². The number of benzene rings is 10. The maximum atomic E-state index is 13.0. The number of carbonyl (C=O) groups is 4. The van der Waals surface area contributed by atoms with E-state index < -0.39 is 5.82 Å². The number of rotatable bonds is 11. The summed E-state index contributed by atoms with van der Waals surface area (Å²) in [6.45, 7) is 14.6. The number of hydrogen-bond donors (Lipinski definition) is 6. The van der Waals surface area contributed by atoms with Crippen molar-refractivity contribution in [1.29, 1.82) is 0 Å². The maximum absolute atomic E-state index is 13.0. The highest BCUT2D eigenvalue weighted by Crippen LogP contribution is 2.27. The molecule has 0 bridgehead atoms. The number of hydrogen-bond acceptors (Lipinski definition) is 8. The summed E-state index contributed by atoms with van der Waals surface area (Å²) in [5.74, 6) is 0.321. The van der Waals surface area contributed by atoms with Crippen molar-refractivity contribution < 1.29 is 28.3 Å². The van der Waals surface area contributed by atoms with Gasteiger partial charge in [-0.1, -0.05) is 147 Å². The van der Waals surface area contributed by atoms with Crippen LogP contribution in [0.4, 0.5) is 32.8 Å². The van der Waals surface area contributed by atoms with Crippen LogP contribution in [-0.2, 0) is 16.1 Å². The molecule has 1 aliphatic carbocycles. The van der Waals surface area contributed by atoms with Gasteiger partial charge in [0.05, 0.1) is 24.3 Å². The Labute approximate surface area is 591 Å². The van der Waals surface area contributed by atoms with Crippen LogP contribution < -0.4 is 31.3 Å². The fourth-order valence-corrected chi connectivity index (χ4v) is 10.9. The second kappa shape index (κ2) is 39.5. The predicted molar refractivity (Wildman–Crippen MR) is 408 cm³/mol. The van der Waals surface area contributed by atoms with Crippen molar-refractivity contribution in [1.82, 2.24) is 15.2 Å². The smallest absolute Gasteiger partial charge is 0.255 e. The summed E-state index contributed by atoms with van der Waals surface area (Å²) in [5.41, 5.74) is 16.0. The number of ether oxygens (including phenoxy) is 1. The Morgan fingerprint density at radius 2 is 1.03 bits per heavy atom. The molecule has 0 spiro atoms. The van der Waals surface area contributed by atoms with E-state index in [9.17, 15) is 23.6 Å². The lowest BCUT2D eigenvalue weighted by Gasteiger charge is -2.10. The standard InChI is InChI=1S/C14H12BrNO.C14H14BrN.C14H12FNO.C13H17NO.C10H9N.C9H11NO2.C8H8N2/c1-10-4-2-7-13(8-10)16-14(17)11-5-3-6-12(15)9-11;1-11-4-2-7-14(8-11)16-10-12-5-3-6-13(15)9-12;1-10-4-2-7-13(8-10)16-14(17)11-5-3-6-12(15)9-11;1-10-5-4-8-12(9-10)14-13(15)11-6-2-3-7-11;1-8-4-2-6-10-9(8)5-3-7-11-10;1-7(11)10-8-3-5-9(12-2)6-4-8;1-6-2-3-8-7(4-6)5-9-10-8/h2-9H,1H3,(H,16,17);2-9,16H,10H2,1H3;2-9H,1H3,(H,16,17);4-5,8-9,11H,2-3,6-7H2,1H3,(H,14,15);2-7H,1H3;3-6H,1-2H3,(H,10,11);2-5H,1H3,(H,9,10). The second-order valence-corrected chi connectivity index (χ2v) is 25.2. The molecule has 0 saturated heterocycles. The number of H-pyrrole nitrogens is 1. The number of methoxy groups -OCH3 is 1. The number of aromatic nitrogens is 3. The lowest BCUT2D eigenvalue weighted by atomic mass is 10.1. The molecular formula is C82H83Br2FN8O5. The lowest BCUT2D eigenvalue weighted by Crippen LogP contribution is -2.20. The zero-order valence-corrected chi connectivity index (χ0v) is 59.6. The number of pyridine rings is 1. The minimum atomic E-state index is -0.415. The van der Waals surface area contributed by atoms with E-state index in [2.05, 4.69) is 161 Å². The first kappa shape index (κ1) is 74.8. The third-order valence-corrected chi connectivity index (χ3v) is 16.0. The largest absolute Gasteiger partial charge is 0.497 e. The van der Waals surface area contributed by atoms with Gasteiger partial charge in [-0.25, -0.2) is 4.39 Å². The van der Waals surface area contributed by atoms with Crippen molar-refractivity contribution >= 4 is 106 Å². The summed E-state index contributed by atoms with van der Waals surface area (Å²) in [6, 6.07) is 76.4. The molecule has 2 heterocycles. The number of anilines is 5. The van der Waals surface area contributed by atoms with Crippen LogP contribution in [0.2, 0.25) is 0 Å². The van der Waals surface area contributed by atoms with Crippen molar-refractivity contribution in [2.75, 3.05) is 33.7 Å². The van der Waals surface area contributed by atoms with E-state index in [1.165, 1.54) is 82.2 Å². The van der Waals surface area contributed by atoms with Gasteiger partial charge >= 0.3 is 0 Å². The van der Waals surface area contributed by atoms with E-state index >= 15 is 0 Å². The SMILES string of the molecule is COc1ccc(NC(C)=O)cc1.Cc1ccc2[nH]ncc2c1.Cc1cccc(NC(=O)C2CCCC2)c1.Cc1cccc(NC(=O)c2cccc(Br)c2)c1.Cc1cccc(NC(=O)c2cccc(F)c2)c1.Cc1cccc(NCc2cccc(Br)c2)c1.Cc1cccc2ncccc12. The first-order chi connectivity index (χ1) is 47.2. The third-order valence-electron chi connectivity index (χ3n) is 15.0. The van der Waals surface area contributed by atoms with Crippen LogP contribution in [-0.4, -0.2) is 45.9 Å². The van der Waals surface area contributed by atoms with Gasteiger partial charge in [0.1, 0.15) is 11.6 Å². The normalized spacial score (nSPS) is 11.0. The Morgan fingerprint density at radius 3 is 1.58 bits per heavy atom. The summed E-state index contributed by atoms with van der Waals surface area (Å²) in [4.78, 5) is 50.4. The molecule has 6 N–H and O–H groups in total. The van der Waals surface area contributed by atoms with Gasteiger partial charge in [0.15, 0.2) is 0 Å². The Bertz CT molecular complexity index is 4390. The molecule has 10 aromatic carbocycles. The number of amides is 4. The fraction of sp³-hybridized carbons (Fsp3) is 0.171. The number of aryl methyl sites for hydroxylation is 6. The molecule has 12 aromatic rings. The molecule has 13 nitrogen and oxygen atoms in total. The van der Waals surface area contributed by atoms with Gasteiger partial charge in [-0.05, 0) is 233 Å². The van der Waals surface area contributed by atoms with E-state index in [1.54, 1.807) is 55.6 Å². The quantitative estimate of drug-likeness (QED) is 0.0741. The average Bonchev–Trinajstić information content (AvgIpc) is 1.11. The summed E-state index contributed by atoms with van der Waals surface area (Å²) in [6.07, 6.45) is 8.16. The average molecular weight is 1440 g/mol. The molecule has 0 radical (unpaired) electrons. The summed E-state index contributed by atoms with van der Waals surface area (Å²) < 4.78 is 19.9. The van der Waals surface area contributed by atoms with Gasteiger partial charge in [-0.15, -0.1) is 0 Å². The Hall–Kier alpha value is -10.6. The first-order valence-corrected chi connectivity index (χ1v) is 33.7. The molecule has 4 amide bonds. The van der Waals surface area contributed by atoms with Crippen LogP contribution in [0, 0.1) is 53.3 Å². The maximum Gasteiger partial charge on any atom is 0.255 e. The van der Waals surface area contributed by atoms with E-state index in [4.69, 9.17) is 4.74 Å². The molecule has 98 heavy (non-hydrogen) atoms. The van der Waals surface area contributed by atoms with Crippen molar-refractivity contribution in [3.8, 4) is 5.75 Å². The van der Waals surface area contributed by atoms with Gasteiger partial charge in [-0.2, -0.15) is 5.10 Å². The highest BCUT2D eigenvalue weighted by atomic mass is 79.9. The van der Waals surface area contributed by atoms with Gasteiger partial charge in [0, 0.05) is 84.9 Å². The topological polar surface area (TPSA) is 179 Å². The van der Waals surface area contributed by atoms with Crippen LogP contribution in [0.25, 0.3) is 21.8 Å². The van der Waals surface area contributed by atoms with Gasteiger partial charge in [0.25, 0.3) is 11.8 Å². The number of halogens is 3. The van der Waals surface area contributed by atoms with Crippen LogP contribution in [0.5, 0.6) is 5.75 Å². The molecule has 2 aromatic heterocycles. The van der Waals surface area contributed by atoms with E-state index in [1.807, 2.05) is 142 Å². The number of aromatic amines is 1. The first-order valence-electron chi connectivity index (χ1n) is 32.1. The van der Waals surface area contributed by atoms with Gasteiger partial charge in [-0.3, -0.25) is 29.3 Å². The van der Waals surface area contributed by atoms with Crippen LogP contribution in [0.15, 0.2) is 264 Å². The van der Waals surface area contributed by atoms with E-state index in [0.717, 1.165) is 73.3 Å². The highest BCUT2D eigenvalue weighted by Gasteiger charge is 2.22. The Morgan fingerprint density at radius 1 is 0.510 bits per heavy atom. The number of fused-ring (bicyclic) bond motifs is 2. The van der Waals surface area contributed by atoms with Crippen LogP contribution in [0.1, 0.15) is 92.3 Å². The number of nitrogens with zero attached hydrogens (tertiary/aromatic N) is 2. The lowest BCUT2D eigenvalue weighted by molar-refractivity contribution is -0.119. The van der Waals surface area contributed by atoms with Crippen molar-refractivity contribution in [2.45, 2.75) is 80.7 Å². The Kier molecular flexibility index (Phi) is 30.1. The fourth-order valence-electron chi connectivity index (χ4n) is 10.1. The molecule has 502 valence electrons. The van der Waals surface area contributed by atoms with Crippen molar-refractivity contribution in [3.63, 3.8) is 0 Å². The molecule has 16 heteroatoms. The van der Waals surface area contributed by atoms with Crippen molar-refractivity contribution in [3.05, 3.63) is 320 Å². The molecule has 0 atom stereocenters. The summed E-state index contributed by atoms with van der Waals surface area (Å²) in [5, 5.41) is 23.9. The molecule has 1 saturated carbocycles. The number of carbonyl (C=O) groups excluding carboxylic acids is 4. The zero-order valence-electron chi connectivity index (χ0n) is 56.4. The van der Waals surface area contributed by atoms with Crippen LogP contribution >= 0.6 is 31.9 Å². The van der Waals surface area contributed by atoms with Gasteiger partial charge in [0.2, 0.25) is 11.8 Å². The Balaban J connectivity index is 0.000000162. The molecule has 13 rings (SSSR count). The molecular weight excluding hydrogens is 1360 g/mol. The van der Waals surface area contributed by atoms with Gasteiger partial charge < -0.3 is 31.3 Å².